The zero-order valence-electron chi connectivity index (χ0n) is 8.67. The van der Waals surface area contributed by atoms with Crippen LogP contribution in [0.15, 0.2) is 18.2 Å². The van der Waals surface area contributed by atoms with Gasteiger partial charge in [-0.05, 0) is 19.1 Å². The lowest BCUT2D eigenvalue weighted by Gasteiger charge is -2.10. The molecule has 0 radical (unpaired) electrons. The molecule has 0 aliphatic rings. The molecule has 2 nitrogen and oxygen atoms in total. The number of hydrogen-bond donors (Lipinski definition) is 0. The zero-order valence-corrected chi connectivity index (χ0v) is 8.67. The van der Waals surface area contributed by atoms with Crippen LogP contribution in [-0.4, -0.2) is 19.1 Å². The third-order valence-electron chi connectivity index (χ3n) is 1.94. The van der Waals surface area contributed by atoms with Crippen LogP contribution in [0, 0.1) is 6.92 Å². The first-order valence-electron chi connectivity index (χ1n) is 4.68. The maximum atomic E-state index is 11.9. The van der Waals surface area contributed by atoms with Crippen molar-refractivity contribution >= 4 is 6.29 Å². The maximum Gasteiger partial charge on any atom is 0.392 e. The molecular formula is C11H11F3O2. The highest BCUT2D eigenvalue weighted by atomic mass is 19.4. The Kier molecular flexibility index (Phi) is 3.93. The molecule has 0 bridgehead atoms. The van der Waals surface area contributed by atoms with E-state index in [1.165, 1.54) is 6.07 Å². The van der Waals surface area contributed by atoms with Gasteiger partial charge in [0, 0.05) is 0 Å². The van der Waals surface area contributed by atoms with E-state index in [9.17, 15) is 18.0 Å². The normalized spacial score (nSPS) is 11.2. The van der Waals surface area contributed by atoms with Gasteiger partial charge in [-0.1, -0.05) is 11.6 Å². The first-order chi connectivity index (χ1) is 7.42. The number of aldehydes is 1. The molecule has 0 spiro atoms. The summed E-state index contributed by atoms with van der Waals surface area (Å²) in [4.78, 5) is 10.6. The number of benzene rings is 1. The second-order valence-electron chi connectivity index (χ2n) is 3.37. The summed E-state index contributed by atoms with van der Waals surface area (Å²) in [6.07, 6.45) is -4.71. The van der Waals surface area contributed by atoms with Crippen molar-refractivity contribution in [1.82, 2.24) is 0 Å². The second kappa shape index (κ2) is 5.01. The monoisotopic (exact) mass is 232 g/mol. The first-order valence-corrected chi connectivity index (χ1v) is 4.68. The van der Waals surface area contributed by atoms with Crippen LogP contribution in [0.3, 0.4) is 0 Å². The second-order valence-corrected chi connectivity index (χ2v) is 3.37. The van der Waals surface area contributed by atoms with Crippen molar-refractivity contribution in [1.29, 1.82) is 0 Å². The molecule has 88 valence electrons. The molecule has 0 unspecified atom stereocenters. The fourth-order valence-electron chi connectivity index (χ4n) is 1.17. The van der Waals surface area contributed by atoms with Gasteiger partial charge >= 0.3 is 6.18 Å². The number of aryl methyl sites for hydroxylation is 1. The number of carbonyl (C=O) groups is 1. The molecule has 1 aromatic carbocycles. The van der Waals surface area contributed by atoms with Gasteiger partial charge in [-0.15, -0.1) is 0 Å². The Morgan fingerprint density at radius 3 is 2.62 bits per heavy atom. The third kappa shape index (κ3) is 3.92. The van der Waals surface area contributed by atoms with E-state index in [0.717, 1.165) is 5.56 Å². The highest BCUT2D eigenvalue weighted by molar-refractivity contribution is 5.79. The van der Waals surface area contributed by atoms with Crippen LogP contribution >= 0.6 is 0 Å². The van der Waals surface area contributed by atoms with Crippen molar-refractivity contribution in [3.8, 4) is 5.75 Å². The summed E-state index contributed by atoms with van der Waals surface area (Å²) in [7, 11) is 0. The SMILES string of the molecule is Cc1ccc(OCCC(F)(F)F)c(C=O)c1. The van der Waals surface area contributed by atoms with Crippen molar-refractivity contribution in [2.75, 3.05) is 6.61 Å². The average molecular weight is 232 g/mol. The minimum atomic E-state index is -4.24. The molecule has 0 heterocycles. The number of ether oxygens (including phenoxy) is 1. The summed E-state index contributed by atoms with van der Waals surface area (Å²) >= 11 is 0. The molecule has 0 amide bonds. The van der Waals surface area contributed by atoms with Gasteiger partial charge in [-0.25, -0.2) is 0 Å². The highest BCUT2D eigenvalue weighted by Gasteiger charge is 2.26. The summed E-state index contributed by atoms with van der Waals surface area (Å²) in [6, 6.07) is 4.74. The Labute approximate surface area is 91.0 Å². The predicted octanol–water partition coefficient (Wildman–Crippen LogP) is 3.14. The van der Waals surface area contributed by atoms with E-state index in [2.05, 4.69) is 0 Å². The maximum absolute atomic E-state index is 11.9. The number of rotatable bonds is 4. The molecule has 0 N–H and O–H groups in total. The summed E-state index contributed by atoms with van der Waals surface area (Å²) in [5.41, 5.74) is 1.12. The zero-order chi connectivity index (χ0) is 12.2. The summed E-state index contributed by atoms with van der Waals surface area (Å²) in [5, 5.41) is 0. The van der Waals surface area contributed by atoms with Gasteiger partial charge in [0.25, 0.3) is 0 Å². The van der Waals surface area contributed by atoms with Gasteiger partial charge < -0.3 is 4.74 Å². The van der Waals surface area contributed by atoms with E-state index in [-0.39, 0.29) is 11.3 Å². The molecule has 0 saturated carbocycles. The van der Waals surface area contributed by atoms with Gasteiger partial charge in [-0.2, -0.15) is 13.2 Å². The van der Waals surface area contributed by atoms with Crippen LogP contribution in [0.1, 0.15) is 22.3 Å². The fourth-order valence-corrected chi connectivity index (χ4v) is 1.17. The quantitative estimate of drug-likeness (QED) is 0.745. The largest absolute Gasteiger partial charge is 0.492 e. The van der Waals surface area contributed by atoms with Crippen molar-refractivity contribution in [2.24, 2.45) is 0 Å². The Bertz CT molecular complexity index is 372. The Morgan fingerprint density at radius 1 is 1.38 bits per heavy atom. The van der Waals surface area contributed by atoms with Crippen LogP contribution < -0.4 is 4.74 Å². The lowest BCUT2D eigenvalue weighted by Crippen LogP contribution is -2.13. The van der Waals surface area contributed by atoms with Crippen LogP contribution in [0.25, 0.3) is 0 Å². The minimum absolute atomic E-state index is 0.185. The van der Waals surface area contributed by atoms with Crippen LogP contribution in [0.2, 0.25) is 0 Å². The van der Waals surface area contributed by atoms with E-state index >= 15 is 0 Å². The molecule has 5 heteroatoms. The number of halogens is 3. The number of alkyl halides is 3. The van der Waals surface area contributed by atoms with E-state index in [4.69, 9.17) is 4.74 Å². The molecule has 0 aromatic heterocycles. The molecule has 0 fully saturated rings. The standard InChI is InChI=1S/C11H11F3O2/c1-8-2-3-10(9(6-8)7-15)16-5-4-11(12,13)14/h2-3,6-7H,4-5H2,1H3. The van der Waals surface area contributed by atoms with Crippen molar-refractivity contribution in [3.05, 3.63) is 29.3 Å². The summed E-state index contributed by atoms with van der Waals surface area (Å²) in [5.74, 6) is 0.185. The van der Waals surface area contributed by atoms with Gasteiger partial charge in [0.15, 0.2) is 6.29 Å². The lowest BCUT2D eigenvalue weighted by atomic mass is 10.1. The fraction of sp³-hybridized carbons (Fsp3) is 0.364. The van der Waals surface area contributed by atoms with E-state index in [1.807, 2.05) is 0 Å². The molecule has 0 aliphatic carbocycles. The number of carbonyl (C=O) groups excluding carboxylic acids is 1. The Morgan fingerprint density at radius 2 is 2.06 bits per heavy atom. The number of hydrogen-bond acceptors (Lipinski definition) is 2. The summed E-state index contributed by atoms with van der Waals surface area (Å²) < 4.78 is 40.5. The minimum Gasteiger partial charge on any atom is -0.492 e. The van der Waals surface area contributed by atoms with E-state index in [0.29, 0.717) is 6.29 Å². The Balaban J connectivity index is 2.63. The van der Waals surface area contributed by atoms with Gasteiger partial charge in [0.1, 0.15) is 5.75 Å². The molecule has 1 rings (SSSR count). The average Bonchev–Trinajstić information content (AvgIpc) is 2.18. The van der Waals surface area contributed by atoms with Gasteiger partial charge in [0.2, 0.25) is 0 Å². The first kappa shape index (κ1) is 12.5. The van der Waals surface area contributed by atoms with Gasteiger partial charge in [-0.3, -0.25) is 4.79 Å². The van der Waals surface area contributed by atoms with E-state index < -0.39 is 19.2 Å². The molecule has 1 aromatic rings. The van der Waals surface area contributed by atoms with Crippen molar-refractivity contribution < 1.29 is 22.7 Å². The van der Waals surface area contributed by atoms with Crippen LogP contribution in [-0.2, 0) is 0 Å². The van der Waals surface area contributed by atoms with E-state index in [1.54, 1.807) is 19.1 Å². The molecule has 16 heavy (non-hydrogen) atoms. The Hall–Kier alpha value is -1.52. The third-order valence-corrected chi connectivity index (χ3v) is 1.94. The highest BCUT2D eigenvalue weighted by Crippen LogP contribution is 2.22. The summed E-state index contributed by atoms with van der Waals surface area (Å²) in [6.45, 7) is 1.31. The lowest BCUT2D eigenvalue weighted by molar-refractivity contribution is -0.139. The van der Waals surface area contributed by atoms with Crippen molar-refractivity contribution in [2.45, 2.75) is 19.5 Å². The molecule has 0 atom stereocenters. The van der Waals surface area contributed by atoms with Crippen molar-refractivity contribution in [3.63, 3.8) is 0 Å². The molecule has 0 aliphatic heterocycles. The molecule has 0 saturated heterocycles. The predicted molar refractivity (Wildman–Crippen MR) is 52.7 cm³/mol. The topological polar surface area (TPSA) is 26.3 Å². The van der Waals surface area contributed by atoms with Crippen LogP contribution in [0.4, 0.5) is 13.2 Å². The van der Waals surface area contributed by atoms with Gasteiger partial charge in [0.05, 0.1) is 18.6 Å². The smallest absolute Gasteiger partial charge is 0.392 e. The van der Waals surface area contributed by atoms with Crippen LogP contribution in [0.5, 0.6) is 5.75 Å². The molecular weight excluding hydrogens is 221 g/mol.